The predicted octanol–water partition coefficient (Wildman–Crippen LogP) is 4.92. The number of H-pyrrole nitrogens is 1. The number of hydrogen-bond donors (Lipinski definition) is 1. The number of ether oxygens (including phenoxy) is 1. The van der Waals surface area contributed by atoms with Gasteiger partial charge in [-0.15, -0.1) is 0 Å². The number of benzene rings is 2. The molecule has 0 amide bonds. The SMILES string of the molecule is Cc1cccc(-c2nc(SCCCOc3ccc(Cl)c(C)c3)n3[nH]c(=O)cc3n2)c1. The van der Waals surface area contributed by atoms with E-state index in [0.29, 0.717) is 23.2 Å². The summed E-state index contributed by atoms with van der Waals surface area (Å²) in [5.41, 5.74) is 3.41. The van der Waals surface area contributed by atoms with Crippen molar-refractivity contribution < 1.29 is 4.74 Å². The molecule has 2 aromatic heterocycles. The number of hydrogen-bond acceptors (Lipinski definition) is 5. The van der Waals surface area contributed by atoms with Gasteiger partial charge in [0.05, 0.1) is 6.61 Å². The van der Waals surface area contributed by atoms with Crippen molar-refractivity contribution in [3.63, 3.8) is 0 Å². The molecule has 0 bridgehead atoms. The van der Waals surface area contributed by atoms with Gasteiger partial charge in [0.15, 0.2) is 16.6 Å². The van der Waals surface area contributed by atoms with Crippen LogP contribution in [0.4, 0.5) is 0 Å². The molecule has 2 heterocycles. The standard InChI is InChI=1S/C22H21ClN4O2S/c1-14-5-3-6-16(11-14)21-24-19-13-20(28)26-27(19)22(25-21)30-10-4-9-29-17-7-8-18(23)15(2)12-17/h3,5-8,11-13H,4,9-10H2,1-2H3,(H,26,28). The van der Waals surface area contributed by atoms with Crippen LogP contribution >= 0.6 is 23.4 Å². The Kier molecular flexibility index (Phi) is 6.11. The topological polar surface area (TPSA) is 72.3 Å². The summed E-state index contributed by atoms with van der Waals surface area (Å²) >= 11 is 7.61. The first-order chi connectivity index (χ1) is 14.5. The first kappa shape index (κ1) is 20.5. The highest BCUT2D eigenvalue weighted by atomic mass is 35.5. The number of nitrogens with one attached hydrogen (secondary N) is 1. The van der Waals surface area contributed by atoms with Gasteiger partial charge in [0, 0.05) is 22.4 Å². The van der Waals surface area contributed by atoms with E-state index in [9.17, 15) is 4.79 Å². The van der Waals surface area contributed by atoms with Gasteiger partial charge in [0.25, 0.3) is 5.56 Å². The summed E-state index contributed by atoms with van der Waals surface area (Å²) in [5, 5.41) is 4.19. The number of rotatable bonds is 7. The van der Waals surface area contributed by atoms with Crippen LogP contribution in [0.15, 0.2) is 58.5 Å². The minimum atomic E-state index is -0.200. The van der Waals surface area contributed by atoms with Crippen molar-refractivity contribution in [3.8, 4) is 17.1 Å². The number of thioether (sulfide) groups is 1. The summed E-state index contributed by atoms with van der Waals surface area (Å²) in [4.78, 5) is 21.1. The summed E-state index contributed by atoms with van der Waals surface area (Å²) in [6, 6.07) is 15.1. The largest absolute Gasteiger partial charge is 0.494 e. The minimum absolute atomic E-state index is 0.200. The van der Waals surface area contributed by atoms with Crippen molar-refractivity contribution in [3.05, 3.63) is 75.0 Å². The molecule has 0 aliphatic rings. The summed E-state index contributed by atoms with van der Waals surface area (Å²) in [6.45, 7) is 4.56. The normalized spacial score (nSPS) is 11.2. The maximum Gasteiger partial charge on any atom is 0.266 e. The molecule has 1 N–H and O–H groups in total. The van der Waals surface area contributed by atoms with Gasteiger partial charge in [-0.25, -0.2) is 14.5 Å². The Hall–Kier alpha value is -2.77. The molecular weight excluding hydrogens is 420 g/mol. The van der Waals surface area contributed by atoms with Gasteiger partial charge in [-0.1, -0.05) is 47.1 Å². The van der Waals surface area contributed by atoms with Crippen molar-refractivity contribution in [2.75, 3.05) is 12.4 Å². The van der Waals surface area contributed by atoms with Gasteiger partial charge in [-0.3, -0.25) is 9.89 Å². The Balaban J connectivity index is 1.46. The molecular formula is C22H21ClN4O2S. The Morgan fingerprint density at radius 3 is 2.80 bits per heavy atom. The molecule has 0 aliphatic heterocycles. The Bertz CT molecular complexity index is 1250. The molecule has 0 saturated carbocycles. The fourth-order valence-electron chi connectivity index (χ4n) is 3.01. The number of aryl methyl sites for hydroxylation is 2. The third-order valence-corrected chi connectivity index (χ3v) is 5.97. The van der Waals surface area contributed by atoms with E-state index in [4.69, 9.17) is 21.3 Å². The van der Waals surface area contributed by atoms with Crippen LogP contribution in [0.5, 0.6) is 5.75 Å². The van der Waals surface area contributed by atoms with Crippen LogP contribution in [0.1, 0.15) is 17.5 Å². The molecule has 0 fully saturated rings. The van der Waals surface area contributed by atoms with E-state index in [1.807, 2.05) is 56.3 Å². The van der Waals surface area contributed by atoms with Gasteiger partial charge in [0.1, 0.15) is 5.75 Å². The van der Waals surface area contributed by atoms with Crippen LogP contribution in [0.2, 0.25) is 5.02 Å². The molecule has 0 atom stereocenters. The second-order valence-corrected chi connectivity index (χ2v) is 8.44. The third-order valence-electron chi connectivity index (χ3n) is 4.52. The minimum Gasteiger partial charge on any atom is -0.494 e. The lowest BCUT2D eigenvalue weighted by Crippen LogP contribution is -2.05. The Labute approximate surface area is 183 Å². The van der Waals surface area contributed by atoms with E-state index in [1.54, 1.807) is 16.3 Å². The number of aromatic nitrogens is 4. The molecule has 4 rings (SSSR count). The smallest absolute Gasteiger partial charge is 0.266 e. The van der Waals surface area contributed by atoms with Crippen molar-refractivity contribution in [1.82, 2.24) is 19.6 Å². The highest BCUT2D eigenvalue weighted by molar-refractivity contribution is 7.99. The second kappa shape index (κ2) is 8.93. The molecule has 0 unspecified atom stereocenters. The Morgan fingerprint density at radius 1 is 1.13 bits per heavy atom. The number of fused-ring (bicyclic) bond motifs is 1. The van der Waals surface area contributed by atoms with Crippen LogP contribution in [-0.4, -0.2) is 31.9 Å². The average molecular weight is 441 g/mol. The van der Waals surface area contributed by atoms with Crippen molar-refractivity contribution >= 4 is 29.0 Å². The van der Waals surface area contributed by atoms with Gasteiger partial charge < -0.3 is 4.74 Å². The molecule has 154 valence electrons. The maximum absolute atomic E-state index is 11.8. The monoisotopic (exact) mass is 440 g/mol. The zero-order chi connectivity index (χ0) is 21.1. The first-order valence-electron chi connectivity index (χ1n) is 9.58. The number of nitrogens with zero attached hydrogens (tertiary/aromatic N) is 3. The third kappa shape index (κ3) is 4.68. The lowest BCUT2D eigenvalue weighted by Gasteiger charge is -2.09. The van der Waals surface area contributed by atoms with Gasteiger partial charge in [-0.2, -0.15) is 0 Å². The zero-order valence-corrected chi connectivity index (χ0v) is 18.3. The molecule has 0 saturated heterocycles. The van der Waals surface area contributed by atoms with Crippen LogP contribution in [-0.2, 0) is 0 Å². The van der Waals surface area contributed by atoms with Crippen LogP contribution in [0, 0.1) is 13.8 Å². The van der Waals surface area contributed by atoms with Crippen molar-refractivity contribution in [1.29, 1.82) is 0 Å². The molecule has 0 spiro atoms. The Morgan fingerprint density at radius 2 is 2.00 bits per heavy atom. The zero-order valence-electron chi connectivity index (χ0n) is 16.7. The predicted molar refractivity (Wildman–Crippen MR) is 121 cm³/mol. The molecule has 0 radical (unpaired) electrons. The maximum atomic E-state index is 11.8. The molecule has 0 aliphatic carbocycles. The highest BCUT2D eigenvalue weighted by Crippen LogP contribution is 2.24. The number of aromatic amines is 1. The second-order valence-electron chi connectivity index (χ2n) is 6.97. The fourth-order valence-corrected chi connectivity index (χ4v) is 3.99. The molecule has 30 heavy (non-hydrogen) atoms. The highest BCUT2D eigenvalue weighted by Gasteiger charge is 2.11. The van der Waals surface area contributed by atoms with E-state index in [2.05, 4.69) is 10.1 Å². The van der Waals surface area contributed by atoms with Gasteiger partial charge in [-0.05, 0) is 50.1 Å². The molecule has 4 aromatic rings. The molecule has 6 nitrogen and oxygen atoms in total. The lowest BCUT2D eigenvalue weighted by atomic mass is 10.1. The van der Waals surface area contributed by atoms with E-state index in [1.165, 1.54) is 6.07 Å². The van der Waals surface area contributed by atoms with E-state index in [-0.39, 0.29) is 5.56 Å². The lowest BCUT2D eigenvalue weighted by molar-refractivity contribution is 0.318. The van der Waals surface area contributed by atoms with Crippen molar-refractivity contribution in [2.24, 2.45) is 0 Å². The molecule has 8 heteroatoms. The van der Waals surface area contributed by atoms with E-state index in [0.717, 1.165) is 39.6 Å². The summed E-state index contributed by atoms with van der Waals surface area (Å²) in [5.74, 6) is 2.20. The van der Waals surface area contributed by atoms with E-state index >= 15 is 0 Å². The summed E-state index contributed by atoms with van der Waals surface area (Å²) in [6.07, 6.45) is 0.823. The van der Waals surface area contributed by atoms with Crippen molar-refractivity contribution in [2.45, 2.75) is 25.4 Å². The summed E-state index contributed by atoms with van der Waals surface area (Å²) < 4.78 is 7.44. The summed E-state index contributed by atoms with van der Waals surface area (Å²) in [7, 11) is 0. The quantitative estimate of drug-likeness (QED) is 0.326. The van der Waals surface area contributed by atoms with Crippen LogP contribution in [0.3, 0.4) is 0 Å². The molecule has 2 aromatic carbocycles. The van der Waals surface area contributed by atoms with Gasteiger partial charge >= 0.3 is 0 Å². The average Bonchev–Trinajstić information content (AvgIpc) is 3.10. The van der Waals surface area contributed by atoms with Gasteiger partial charge in [0.2, 0.25) is 0 Å². The first-order valence-corrected chi connectivity index (χ1v) is 10.9. The van der Waals surface area contributed by atoms with Crippen LogP contribution in [0.25, 0.3) is 17.0 Å². The van der Waals surface area contributed by atoms with E-state index < -0.39 is 0 Å². The fraction of sp³-hybridized carbons (Fsp3) is 0.227. The number of halogens is 1. The van der Waals surface area contributed by atoms with Crippen LogP contribution < -0.4 is 10.3 Å².